The molecule has 1 heterocycles. The van der Waals surface area contributed by atoms with Gasteiger partial charge in [-0.05, 0) is 41.1 Å². The van der Waals surface area contributed by atoms with E-state index in [9.17, 15) is 4.79 Å². The first-order valence-corrected chi connectivity index (χ1v) is 8.19. The maximum Gasteiger partial charge on any atom is 0.273 e. The number of carbonyl (C=O) groups is 1. The molecule has 0 fully saturated rings. The summed E-state index contributed by atoms with van der Waals surface area (Å²) >= 11 is 5.86. The van der Waals surface area contributed by atoms with E-state index in [1.165, 1.54) is 0 Å². The molecule has 4 nitrogen and oxygen atoms in total. The van der Waals surface area contributed by atoms with Gasteiger partial charge in [0.05, 0.1) is 5.69 Å². The Morgan fingerprint density at radius 2 is 1.72 bits per heavy atom. The molecule has 1 aromatic heterocycles. The van der Waals surface area contributed by atoms with Crippen molar-refractivity contribution in [3.8, 4) is 11.3 Å². The number of amides is 1. The highest BCUT2D eigenvalue weighted by molar-refractivity contribution is 6.30. The molecule has 25 heavy (non-hydrogen) atoms. The summed E-state index contributed by atoms with van der Waals surface area (Å²) in [5.41, 5.74) is 2.80. The Labute approximate surface area is 149 Å². The lowest BCUT2D eigenvalue weighted by molar-refractivity contribution is 0.102. The molecule has 0 radical (unpaired) electrons. The lowest BCUT2D eigenvalue weighted by atomic mass is 10.0. The number of nitrogens with one attached hydrogen (secondary N) is 2. The number of nitrogens with zero attached hydrogens (tertiary/aromatic N) is 1. The van der Waals surface area contributed by atoms with Crippen molar-refractivity contribution in [3.63, 3.8) is 0 Å². The second-order valence-corrected chi connectivity index (χ2v) is 6.09. The molecule has 0 saturated heterocycles. The zero-order valence-electron chi connectivity index (χ0n) is 13.2. The number of benzene rings is 3. The van der Waals surface area contributed by atoms with E-state index in [-0.39, 0.29) is 5.91 Å². The fourth-order valence-corrected chi connectivity index (χ4v) is 2.88. The van der Waals surface area contributed by atoms with Crippen molar-refractivity contribution >= 4 is 34.0 Å². The summed E-state index contributed by atoms with van der Waals surface area (Å²) in [6.07, 6.45) is 0. The molecule has 0 bridgehead atoms. The normalized spacial score (nSPS) is 10.8. The molecule has 122 valence electrons. The molecule has 0 aliphatic rings. The largest absolute Gasteiger partial charge is 0.321 e. The monoisotopic (exact) mass is 347 g/mol. The third kappa shape index (κ3) is 3.12. The second-order valence-electron chi connectivity index (χ2n) is 5.65. The molecule has 5 heteroatoms. The highest BCUT2D eigenvalue weighted by Gasteiger charge is 2.13. The van der Waals surface area contributed by atoms with Gasteiger partial charge in [0.15, 0.2) is 0 Å². The zero-order valence-corrected chi connectivity index (χ0v) is 13.9. The number of hydrogen-bond acceptors (Lipinski definition) is 2. The van der Waals surface area contributed by atoms with E-state index in [0.717, 1.165) is 22.0 Å². The summed E-state index contributed by atoms with van der Waals surface area (Å²) in [5.74, 6) is -0.249. The number of aromatic amines is 1. The summed E-state index contributed by atoms with van der Waals surface area (Å²) in [6.45, 7) is 0. The molecule has 0 atom stereocenters. The topological polar surface area (TPSA) is 57.8 Å². The molecule has 1 amide bonds. The minimum absolute atomic E-state index is 0.249. The predicted molar refractivity (Wildman–Crippen MR) is 101 cm³/mol. The van der Waals surface area contributed by atoms with Crippen LogP contribution in [0.1, 0.15) is 10.5 Å². The summed E-state index contributed by atoms with van der Waals surface area (Å²) in [7, 11) is 0. The average Bonchev–Trinajstić information content (AvgIpc) is 3.13. The van der Waals surface area contributed by atoms with Crippen LogP contribution in [0.5, 0.6) is 0 Å². The summed E-state index contributed by atoms with van der Waals surface area (Å²) in [5, 5.41) is 12.8. The number of carbonyl (C=O) groups excluding carboxylic acids is 1. The quantitative estimate of drug-likeness (QED) is 0.539. The standard InChI is InChI=1S/C20H14ClN3O/c21-14-8-10-15(11-9-14)22-20(25)19-12-18(23-24-19)17-7-3-5-13-4-1-2-6-16(13)17/h1-12H,(H,22,25)(H,23,24). The first-order valence-electron chi connectivity index (χ1n) is 7.81. The number of rotatable bonds is 3. The minimum atomic E-state index is -0.249. The SMILES string of the molecule is O=C(Nc1ccc(Cl)cc1)c1cc(-c2cccc3ccccc23)n[nH]1. The van der Waals surface area contributed by atoms with E-state index in [1.807, 2.05) is 30.3 Å². The molecule has 0 spiro atoms. The Balaban J connectivity index is 1.63. The molecule has 0 aliphatic heterocycles. The predicted octanol–water partition coefficient (Wildman–Crippen LogP) is 5.14. The number of hydrogen-bond donors (Lipinski definition) is 2. The fourth-order valence-electron chi connectivity index (χ4n) is 2.76. The molecular weight excluding hydrogens is 334 g/mol. The smallest absolute Gasteiger partial charge is 0.273 e. The number of fused-ring (bicyclic) bond motifs is 1. The van der Waals surface area contributed by atoms with Gasteiger partial charge in [-0.3, -0.25) is 9.89 Å². The zero-order chi connectivity index (χ0) is 17.2. The van der Waals surface area contributed by atoms with Gasteiger partial charge in [-0.15, -0.1) is 0 Å². The Kier molecular flexibility index (Phi) is 3.96. The number of halogens is 1. The molecule has 2 N–H and O–H groups in total. The van der Waals surface area contributed by atoms with Crippen LogP contribution in [0, 0.1) is 0 Å². The highest BCUT2D eigenvalue weighted by Crippen LogP contribution is 2.27. The van der Waals surface area contributed by atoms with Crippen LogP contribution >= 0.6 is 11.6 Å². The summed E-state index contributed by atoms with van der Waals surface area (Å²) < 4.78 is 0. The Morgan fingerprint density at radius 1 is 0.960 bits per heavy atom. The van der Waals surface area contributed by atoms with Gasteiger partial charge in [-0.2, -0.15) is 5.10 Å². The van der Waals surface area contributed by atoms with E-state index in [1.54, 1.807) is 30.3 Å². The van der Waals surface area contributed by atoms with Crippen LogP contribution in [-0.4, -0.2) is 16.1 Å². The van der Waals surface area contributed by atoms with Crippen LogP contribution in [0.15, 0.2) is 72.8 Å². The lowest BCUT2D eigenvalue weighted by Crippen LogP contribution is -2.12. The van der Waals surface area contributed by atoms with Crippen LogP contribution in [0.25, 0.3) is 22.0 Å². The fraction of sp³-hybridized carbons (Fsp3) is 0. The molecule has 0 saturated carbocycles. The first kappa shape index (κ1) is 15.4. The van der Waals surface area contributed by atoms with Gasteiger partial charge in [0.25, 0.3) is 5.91 Å². The highest BCUT2D eigenvalue weighted by atomic mass is 35.5. The van der Waals surface area contributed by atoms with Crippen molar-refractivity contribution in [1.29, 1.82) is 0 Å². The van der Waals surface area contributed by atoms with Crippen molar-refractivity contribution in [3.05, 3.63) is 83.5 Å². The second kappa shape index (κ2) is 6.42. The van der Waals surface area contributed by atoms with E-state index in [2.05, 4.69) is 27.6 Å². The van der Waals surface area contributed by atoms with Crippen molar-refractivity contribution in [2.24, 2.45) is 0 Å². The average molecular weight is 348 g/mol. The summed E-state index contributed by atoms with van der Waals surface area (Å²) in [4.78, 5) is 12.4. The van der Waals surface area contributed by atoms with Crippen LogP contribution in [0.3, 0.4) is 0 Å². The first-order chi connectivity index (χ1) is 12.2. The van der Waals surface area contributed by atoms with E-state index in [4.69, 9.17) is 11.6 Å². The van der Waals surface area contributed by atoms with Crippen LogP contribution in [0.2, 0.25) is 5.02 Å². The van der Waals surface area contributed by atoms with Crippen molar-refractivity contribution in [1.82, 2.24) is 10.2 Å². The van der Waals surface area contributed by atoms with Crippen LogP contribution in [-0.2, 0) is 0 Å². The third-order valence-corrected chi connectivity index (χ3v) is 4.24. The van der Waals surface area contributed by atoms with Crippen LogP contribution < -0.4 is 5.32 Å². The molecule has 0 aliphatic carbocycles. The lowest BCUT2D eigenvalue weighted by Gasteiger charge is -2.03. The van der Waals surface area contributed by atoms with Crippen LogP contribution in [0.4, 0.5) is 5.69 Å². The van der Waals surface area contributed by atoms with Gasteiger partial charge < -0.3 is 5.32 Å². The Hall–Kier alpha value is -3.11. The molecule has 4 aromatic rings. The molecule has 0 unspecified atom stereocenters. The van der Waals surface area contributed by atoms with Gasteiger partial charge in [-0.25, -0.2) is 0 Å². The number of aromatic nitrogens is 2. The van der Waals surface area contributed by atoms with Crippen molar-refractivity contribution in [2.45, 2.75) is 0 Å². The van der Waals surface area contributed by atoms with Gasteiger partial charge in [0.1, 0.15) is 5.69 Å². The third-order valence-electron chi connectivity index (χ3n) is 3.99. The molecule has 4 rings (SSSR count). The van der Waals surface area contributed by atoms with Crippen molar-refractivity contribution in [2.75, 3.05) is 5.32 Å². The van der Waals surface area contributed by atoms with E-state index in [0.29, 0.717) is 16.4 Å². The maximum atomic E-state index is 12.4. The minimum Gasteiger partial charge on any atom is -0.321 e. The van der Waals surface area contributed by atoms with E-state index >= 15 is 0 Å². The van der Waals surface area contributed by atoms with Gasteiger partial charge in [0, 0.05) is 16.3 Å². The number of anilines is 1. The van der Waals surface area contributed by atoms with Gasteiger partial charge in [-0.1, -0.05) is 54.1 Å². The summed E-state index contributed by atoms with van der Waals surface area (Å²) in [6, 6.07) is 22.9. The Morgan fingerprint density at radius 3 is 2.56 bits per heavy atom. The van der Waals surface area contributed by atoms with Crippen molar-refractivity contribution < 1.29 is 4.79 Å². The Bertz CT molecular complexity index is 1050. The maximum absolute atomic E-state index is 12.4. The molecular formula is C20H14ClN3O. The van der Waals surface area contributed by atoms with Gasteiger partial charge in [0.2, 0.25) is 0 Å². The molecule has 3 aromatic carbocycles. The number of H-pyrrole nitrogens is 1. The van der Waals surface area contributed by atoms with E-state index < -0.39 is 0 Å². The van der Waals surface area contributed by atoms with Gasteiger partial charge >= 0.3 is 0 Å².